The molecular weight excluding hydrogens is 767 g/mol. The molecule has 2 fully saturated rings. The molecular formula is C31H37BrF3N7O8S. The zero-order chi connectivity index (χ0) is 36.7. The van der Waals surface area contributed by atoms with Crippen molar-refractivity contribution >= 4 is 62.5 Å². The maximum absolute atomic E-state index is 13.0. The summed E-state index contributed by atoms with van der Waals surface area (Å²) in [7, 11) is 0. The Kier molecular flexibility index (Phi) is 12.9. The first kappa shape index (κ1) is 38.4. The van der Waals surface area contributed by atoms with Crippen molar-refractivity contribution < 1.29 is 51.6 Å². The number of imidazole rings is 1. The van der Waals surface area contributed by atoms with Gasteiger partial charge in [0.2, 0.25) is 6.79 Å². The molecule has 20 heteroatoms. The lowest BCUT2D eigenvalue weighted by Gasteiger charge is -2.33. The summed E-state index contributed by atoms with van der Waals surface area (Å²) >= 11 is 5.14. The molecule has 2 aromatic heterocycles. The number of amides is 1. The smallest absolute Gasteiger partial charge is 0.475 e. The predicted molar refractivity (Wildman–Crippen MR) is 179 cm³/mol. The number of aliphatic carboxylic acids is 1. The van der Waals surface area contributed by atoms with Crippen LogP contribution in [0.2, 0.25) is 0 Å². The van der Waals surface area contributed by atoms with Crippen LogP contribution >= 0.6 is 27.7 Å². The molecule has 0 spiro atoms. The van der Waals surface area contributed by atoms with Crippen molar-refractivity contribution in [2.75, 3.05) is 58.5 Å². The van der Waals surface area contributed by atoms with Gasteiger partial charge in [-0.1, -0.05) is 11.8 Å². The average Bonchev–Trinajstić information content (AvgIpc) is 3.71. The van der Waals surface area contributed by atoms with E-state index in [0.717, 1.165) is 46.9 Å². The van der Waals surface area contributed by atoms with E-state index in [4.69, 9.17) is 39.6 Å². The number of hydrogen-bond donors (Lipinski definition) is 2. The van der Waals surface area contributed by atoms with Crippen LogP contribution in [-0.2, 0) is 30.4 Å². The Morgan fingerprint density at radius 1 is 1.10 bits per heavy atom. The summed E-state index contributed by atoms with van der Waals surface area (Å²) in [4.78, 5) is 52.7. The first-order valence-electron chi connectivity index (χ1n) is 16.1. The van der Waals surface area contributed by atoms with Crippen LogP contribution in [-0.4, -0.2) is 117 Å². The number of carbonyl (C=O) groups excluding carboxylic acids is 2. The number of carbonyl (C=O) groups is 3. The summed E-state index contributed by atoms with van der Waals surface area (Å²) in [5.41, 5.74) is 7.42. The Hall–Kier alpha value is -3.88. The number of fused-ring (bicyclic) bond motifs is 2. The Bertz CT molecular complexity index is 1720. The number of benzene rings is 1. The van der Waals surface area contributed by atoms with Gasteiger partial charge in [0.15, 0.2) is 39.7 Å². The highest BCUT2D eigenvalue weighted by atomic mass is 79.9. The van der Waals surface area contributed by atoms with Gasteiger partial charge in [0, 0.05) is 48.6 Å². The lowest BCUT2D eigenvalue weighted by molar-refractivity contribution is -0.192. The van der Waals surface area contributed by atoms with Gasteiger partial charge in [-0.05, 0) is 60.2 Å². The standard InChI is InChI=1S/C29H36BrN7O6S.C2HF3O2/c1-18(43-24(38)5-6-35-10-12-40-13-11-35)28(39)36-7-2-19(3-8-36)4-9-37-27-25(26(31)32-16-33-27)34-29(37)44-23-15-22-21(14-20(23)30)41-17-42-22;3-2(4,5)1(6)7/h14-16,18-19H,2-13,17H2,1H3,(H2,31,32,33);(H,6,7)/t18-;/m0./s1. The molecule has 0 radical (unpaired) electrons. The highest BCUT2D eigenvalue weighted by molar-refractivity contribution is 9.10. The van der Waals surface area contributed by atoms with E-state index in [9.17, 15) is 22.8 Å². The third-order valence-electron chi connectivity index (χ3n) is 8.48. The van der Waals surface area contributed by atoms with Crippen molar-refractivity contribution in [2.24, 2.45) is 5.92 Å². The van der Waals surface area contributed by atoms with E-state index in [2.05, 4.69) is 35.4 Å². The summed E-state index contributed by atoms with van der Waals surface area (Å²) in [6.07, 6.45) is -1.53. The van der Waals surface area contributed by atoms with Crippen LogP contribution in [0.3, 0.4) is 0 Å². The second-order valence-corrected chi connectivity index (χ2v) is 13.8. The molecule has 3 aromatic rings. The number of esters is 1. The number of nitrogen functional groups attached to an aromatic ring is 1. The fourth-order valence-electron chi connectivity index (χ4n) is 5.68. The Morgan fingerprint density at radius 2 is 1.76 bits per heavy atom. The molecule has 3 aliphatic rings. The number of carboxylic acids is 1. The van der Waals surface area contributed by atoms with Crippen LogP contribution in [0.5, 0.6) is 11.5 Å². The summed E-state index contributed by atoms with van der Waals surface area (Å²) < 4.78 is 56.6. The maximum atomic E-state index is 13.0. The fraction of sp³-hybridized carbons (Fsp3) is 0.548. The molecule has 1 amide bonds. The first-order chi connectivity index (χ1) is 24.3. The van der Waals surface area contributed by atoms with Gasteiger partial charge in [-0.3, -0.25) is 14.5 Å². The minimum absolute atomic E-state index is 0.135. The topological polar surface area (TPSA) is 184 Å². The summed E-state index contributed by atoms with van der Waals surface area (Å²) in [5.74, 6) is -1.09. The van der Waals surface area contributed by atoms with Gasteiger partial charge in [0.25, 0.3) is 5.91 Å². The number of rotatable bonds is 10. The van der Waals surface area contributed by atoms with Crippen molar-refractivity contribution in [3.8, 4) is 11.5 Å². The number of hydrogen-bond acceptors (Lipinski definition) is 13. The van der Waals surface area contributed by atoms with E-state index in [1.807, 2.05) is 17.0 Å². The fourth-order valence-corrected chi connectivity index (χ4v) is 7.19. The van der Waals surface area contributed by atoms with E-state index in [0.29, 0.717) is 73.8 Å². The van der Waals surface area contributed by atoms with Crippen LogP contribution in [0, 0.1) is 5.92 Å². The van der Waals surface area contributed by atoms with Crippen LogP contribution in [0.15, 0.2) is 33.0 Å². The molecule has 2 saturated heterocycles. The number of nitrogens with zero attached hydrogens (tertiary/aromatic N) is 6. The second kappa shape index (κ2) is 17.1. The number of carboxylic acid groups (broad SMARTS) is 1. The number of anilines is 1. The SMILES string of the molecule is C[C@H](OC(=O)CCN1CCOCC1)C(=O)N1CCC(CCn2c(Sc3cc4c(cc3Br)OCO4)nc3c(N)ncnc32)CC1.O=C(O)C(F)(F)F. The molecule has 51 heavy (non-hydrogen) atoms. The van der Waals surface area contributed by atoms with Gasteiger partial charge in [-0.2, -0.15) is 13.2 Å². The molecule has 1 aromatic carbocycles. The van der Waals surface area contributed by atoms with Crippen molar-refractivity contribution in [3.63, 3.8) is 0 Å². The van der Waals surface area contributed by atoms with Crippen LogP contribution in [0.25, 0.3) is 11.2 Å². The number of alkyl halides is 3. The number of piperidine rings is 1. The largest absolute Gasteiger partial charge is 0.490 e. The molecule has 5 heterocycles. The number of morpholine rings is 1. The number of halogens is 4. The molecule has 3 N–H and O–H groups in total. The summed E-state index contributed by atoms with van der Waals surface area (Å²) in [5, 5.41) is 7.88. The number of nitrogens with two attached hydrogens (primary N) is 1. The molecule has 278 valence electrons. The molecule has 1 atom stereocenters. The van der Waals surface area contributed by atoms with Gasteiger partial charge in [-0.25, -0.2) is 19.7 Å². The van der Waals surface area contributed by atoms with Gasteiger partial charge < -0.3 is 39.3 Å². The third-order valence-corrected chi connectivity index (χ3v) is 10.4. The quantitative estimate of drug-likeness (QED) is 0.281. The van der Waals surface area contributed by atoms with Crippen LogP contribution < -0.4 is 15.2 Å². The Labute approximate surface area is 303 Å². The van der Waals surface area contributed by atoms with Crippen molar-refractivity contribution in [1.29, 1.82) is 0 Å². The maximum Gasteiger partial charge on any atom is 0.490 e. The molecule has 6 rings (SSSR count). The van der Waals surface area contributed by atoms with Crippen molar-refractivity contribution in [1.82, 2.24) is 29.3 Å². The normalized spacial score (nSPS) is 17.2. The molecule has 0 saturated carbocycles. The molecule has 0 aliphatic carbocycles. The van der Waals surface area contributed by atoms with Crippen LogP contribution in [0.4, 0.5) is 19.0 Å². The zero-order valence-electron chi connectivity index (χ0n) is 27.6. The lowest BCUT2D eigenvalue weighted by Crippen LogP contribution is -2.44. The molecule has 3 aliphatic heterocycles. The Morgan fingerprint density at radius 3 is 2.43 bits per heavy atom. The molecule has 0 unspecified atom stereocenters. The van der Waals surface area contributed by atoms with Gasteiger partial charge in [-0.15, -0.1) is 0 Å². The zero-order valence-corrected chi connectivity index (χ0v) is 30.0. The average molecular weight is 805 g/mol. The van der Waals surface area contributed by atoms with Crippen molar-refractivity contribution in [2.45, 2.75) is 61.5 Å². The number of likely N-dealkylation sites (tertiary alicyclic amines) is 1. The predicted octanol–water partition coefficient (Wildman–Crippen LogP) is 3.97. The van der Waals surface area contributed by atoms with Gasteiger partial charge in [0.1, 0.15) is 6.33 Å². The summed E-state index contributed by atoms with van der Waals surface area (Å²) in [6, 6.07) is 3.83. The first-order valence-corrected chi connectivity index (χ1v) is 17.7. The minimum atomic E-state index is -5.08. The molecule has 15 nitrogen and oxygen atoms in total. The van der Waals surface area contributed by atoms with E-state index in [1.54, 1.807) is 6.92 Å². The van der Waals surface area contributed by atoms with E-state index in [-0.39, 0.29) is 25.1 Å². The highest BCUT2D eigenvalue weighted by Crippen LogP contribution is 2.43. The number of ether oxygens (including phenoxy) is 4. The number of aryl methyl sites for hydroxylation is 1. The van der Waals surface area contributed by atoms with E-state index < -0.39 is 18.2 Å². The third kappa shape index (κ3) is 10.1. The van der Waals surface area contributed by atoms with Gasteiger partial charge >= 0.3 is 18.1 Å². The minimum Gasteiger partial charge on any atom is -0.475 e. The lowest BCUT2D eigenvalue weighted by atomic mass is 9.93. The van der Waals surface area contributed by atoms with Gasteiger partial charge in [0.05, 0.1) is 19.6 Å². The second-order valence-electron chi connectivity index (χ2n) is 11.9. The van der Waals surface area contributed by atoms with Crippen molar-refractivity contribution in [3.05, 3.63) is 22.9 Å². The number of aromatic nitrogens is 4. The summed E-state index contributed by atoms with van der Waals surface area (Å²) in [6.45, 7) is 7.42. The van der Waals surface area contributed by atoms with E-state index in [1.165, 1.54) is 18.1 Å². The van der Waals surface area contributed by atoms with E-state index >= 15 is 0 Å². The molecule has 0 bridgehead atoms. The van der Waals surface area contributed by atoms with Crippen LogP contribution in [0.1, 0.15) is 32.6 Å². The Balaban J connectivity index is 0.000000654. The monoisotopic (exact) mass is 803 g/mol. The highest BCUT2D eigenvalue weighted by Gasteiger charge is 2.38.